The average Bonchev–Trinajstić information content (AvgIpc) is 2.59. The molecule has 2 N–H and O–H groups in total. The molecule has 1 fully saturated rings. The summed E-state index contributed by atoms with van der Waals surface area (Å²) in [4.78, 5) is 0. The van der Waals surface area contributed by atoms with E-state index in [1.165, 1.54) is 37.8 Å². The highest BCUT2D eigenvalue weighted by Crippen LogP contribution is 2.07. The van der Waals surface area contributed by atoms with Gasteiger partial charge in [0.05, 0.1) is 0 Å². The van der Waals surface area contributed by atoms with Crippen LogP contribution >= 0.6 is 0 Å². The summed E-state index contributed by atoms with van der Waals surface area (Å²) in [6.07, 6.45) is 5.43. The van der Waals surface area contributed by atoms with E-state index in [0.717, 1.165) is 13.1 Å². The number of rotatable bonds is 4. The first kappa shape index (κ1) is 11.6. The Kier molecular flexibility index (Phi) is 4.84. The van der Waals surface area contributed by atoms with E-state index in [4.69, 9.17) is 0 Å². The van der Waals surface area contributed by atoms with Crippen LogP contribution in [0.1, 0.15) is 31.2 Å². The van der Waals surface area contributed by atoms with E-state index in [9.17, 15) is 0 Å². The summed E-state index contributed by atoms with van der Waals surface area (Å²) in [5.74, 6) is 0. The predicted octanol–water partition coefficient (Wildman–Crippen LogP) is 2.31. The van der Waals surface area contributed by atoms with Crippen LogP contribution in [0.4, 0.5) is 0 Å². The summed E-state index contributed by atoms with van der Waals surface area (Å²) in [5, 5.41) is 7.14. The molecule has 1 aliphatic heterocycles. The van der Waals surface area contributed by atoms with E-state index in [0.29, 0.717) is 6.04 Å². The zero-order valence-electron chi connectivity index (χ0n) is 9.91. The molecular weight excluding hydrogens is 196 g/mol. The summed E-state index contributed by atoms with van der Waals surface area (Å²) < 4.78 is 0. The van der Waals surface area contributed by atoms with Crippen molar-refractivity contribution in [2.24, 2.45) is 0 Å². The molecule has 0 amide bonds. The number of hydrogen-bond donors (Lipinski definition) is 2. The molecule has 2 heteroatoms. The Morgan fingerprint density at radius 2 is 2.00 bits per heavy atom. The van der Waals surface area contributed by atoms with Crippen LogP contribution in [-0.4, -0.2) is 19.1 Å². The van der Waals surface area contributed by atoms with E-state index >= 15 is 0 Å². The summed E-state index contributed by atoms with van der Waals surface area (Å²) in [6, 6.07) is 11.3. The molecule has 1 heterocycles. The maximum absolute atomic E-state index is 3.61. The standard InChI is InChI=1S/C14H22N2/c1-3-7-13(8-4-1)11-15-12-14-9-5-2-6-10-16-14/h1,3-4,7-8,14-16H,2,5-6,9-12H2. The maximum atomic E-state index is 3.61. The molecule has 1 aromatic rings. The molecule has 1 aliphatic rings. The Hall–Kier alpha value is -0.860. The predicted molar refractivity (Wildman–Crippen MR) is 68.4 cm³/mol. The second-order valence-electron chi connectivity index (χ2n) is 4.62. The van der Waals surface area contributed by atoms with Crippen molar-refractivity contribution >= 4 is 0 Å². The van der Waals surface area contributed by atoms with Gasteiger partial charge in [0.2, 0.25) is 0 Å². The van der Waals surface area contributed by atoms with Crippen LogP contribution < -0.4 is 10.6 Å². The largest absolute Gasteiger partial charge is 0.313 e. The van der Waals surface area contributed by atoms with Crippen molar-refractivity contribution in [3.63, 3.8) is 0 Å². The van der Waals surface area contributed by atoms with Crippen molar-refractivity contribution in [1.82, 2.24) is 10.6 Å². The minimum Gasteiger partial charge on any atom is -0.313 e. The Morgan fingerprint density at radius 3 is 2.88 bits per heavy atom. The van der Waals surface area contributed by atoms with Crippen molar-refractivity contribution in [3.8, 4) is 0 Å². The van der Waals surface area contributed by atoms with Gasteiger partial charge in [0.15, 0.2) is 0 Å². The normalized spacial score (nSPS) is 21.6. The fourth-order valence-corrected chi connectivity index (χ4v) is 2.26. The van der Waals surface area contributed by atoms with Gasteiger partial charge in [0.1, 0.15) is 0 Å². The number of hydrogen-bond acceptors (Lipinski definition) is 2. The third kappa shape index (κ3) is 3.95. The molecule has 2 nitrogen and oxygen atoms in total. The van der Waals surface area contributed by atoms with Crippen LogP contribution in [0.25, 0.3) is 0 Å². The van der Waals surface area contributed by atoms with Crippen molar-refractivity contribution in [2.45, 2.75) is 38.3 Å². The fourth-order valence-electron chi connectivity index (χ4n) is 2.26. The molecule has 2 rings (SSSR count). The van der Waals surface area contributed by atoms with Crippen molar-refractivity contribution < 1.29 is 0 Å². The van der Waals surface area contributed by atoms with Crippen LogP contribution in [0.15, 0.2) is 30.3 Å². The molecule has 16 heavy (non-hydrogen) atoms. The van der Waals surface area contributed by atoms with Gasteiger partial charge in [-0.15, -0.1) is 0 Å². The molecule has 0 spiro atoms. The van der Waals surface area contributed by atoms with Crippen LogP contribution in [0.5, 0.6) is 0 Å². The third-order valence-electron chi connectivity index (χ3n) is 3.23. The highest BCUT2D eigenvalue weighted by molar-refractivity contribution is 5.14. The van der Waals surface area contributed by atoms with Gasteiger partial charge in [-0.2, -0.15) is 0 Å². The second kappa shape index (κ2) is 6.66. The van der Waals surface area contributed by atoms with Crippen molar-refractivity contribution in [1.29, 1.82) is 0 Å². The topological polar surface area (TPSA) is 24.1 Å². The summed E-state index contributed by atoms with van der Waals surface area (Å²) in [6.45, 7) is 3.27. The summed E-state index contributed by atoms with van der Waals surface area (Å²) in [5.41, 5.74) is 1.37. The summed E-state index contributed by atoms with van der Waals surface area (Å²) in [7, 11) is 0. The van der Waals surface area contributed by atoms with Crippen molar-refractivity contribution in [2.75, 3.05) is 13.1 Å². The van der Waals surface area contributed by atoms with Gasteiger partial charge >= 0.3 is 0 Å². The van der Waals surface area contributed by atoms with E-state index in [1.54, 1.807) is 0 Å². The van der Waals surface area contributed by atoms with Gasteiger partial charge in [-0.25, -0.2) is 0 Å². The molecule has 0 aromatic heterocycles. The van der Waals surface area contributed by atoms with Crippen LogP contribution in [0, 0.1) is 0 Å². The lowest BCUT2D eigenvalue weighted by Gasteiger charge is -2.16. The Balaban J connectivity index is 1.67. The molecule has 1 saturated heterocycles. The minimum atomic E-state index is 0.672. The Bertz CT molecular complexity index is 276. The Labute approximate surface area is 98.4 Å². The smallest absolute Gasteiger partial charge is 0.0206 e. The summed E-state index contributed by atoms with van der Waals surface area (Å²) >= 11 is 0. The van der Waals surface area contributed by atoms with Gasteiger partial charge in [-0.3, -0.25) is 0 Å². The van der Waals surface area contributed by atoms with Gasteiger partial charge in [0, 0.05) is 19.1 Å². The minimum absolute atomic E-state index is 0.672. The van der Waals surface area contributed by atoms with Crippen LogP contribution in [-0.2, 0) is 6.54 Å². The third-order valence-corrected chi connectivity index (χ3v) is 3.23. The van der Waals surface area contributed by atoms with Gasteiger partial charge < -0.3 is 10.6 Å². The lowest BCUT2D eigenvalue weighted by molar-refractivity contribution is 0.470. The van der Waals surface area contributed by atoms with Gasteiger partial charge in [0.25, 0.3) is 0 Å². The molecule has 0 radical (unpaired) electrons. The molecule has 0 bridgehead atoms. The van der Waals surface area contributed by atoms with Gasteiger partial charge in [-0.05, 0) is 24.9 Å². The van der Waals surface area contributed by atoms with E-state index in [-0.39, 0.29) is 0 Å². The van der Waals surface area contributed by atoms with E-state index in [1.807, 2.05) is 0 Å². The molecule has 0 saturated carbocycles. The highest BCUT2D eigenvalue weighted by atomic mass is 15.0. The molecule has 0 aliphatic carbocycles. The molecule has 1 unspecified atom stereocenters. The molecular formula is C14H22N2. The quantitative estimate of drug-likeness (QED) is 0.810. The fraction of sp³-hybridized carbons (Fsp3) is 0.571. The number of nitrogens with one attached hydrogen (secondary N) is 2. The van der Waals surface area contributed by atoms with E-state index < -0.39 is 0 Å². The monoisotopic (exact) mass is 218 g/mol. The first-order valence-electron chi connectivity index (χ1n) is 6.43. The molecule has 1 aromatic carbocycles. The maximum Gasteiger partial charge on any atom is 0.0206 e. The van der Waals surface area contributed by atoms with Gasteiger partial charge in [-0.1, -0.05) is 43.2 Å². The first-order chi connectivity index (χ1) is 7.95. The Morgan fingerprint density at radius 1 is 1.12 bits per heavy atom. The van der Waals surface area contributed by atoms with E-state index in [2.05, 4.69) is 41.0 Å². The lowest BCUT2D eigenvalue weighted by Crippen LogP contribution is -2.37. The molecule has 88 valence electrons. The SMILES string of the molecule is c1ccc(CNCC2CCCCCN2)cc1. The second-order valence-corrected chi connectivity index (χ2v) is 4.62. The highest BCUT2D eigenvalue weighted by Gasteiger charge is 2.10. The zero-order chi connectivity index (χ0) is 11.1. The molecule has 1 atom stereocenters. The lowest BCUT2D eigenvalue weighted by atomic mass is 10.1. The zero-order valence-corrected chi connectivity index (χ0v) is 9.91. The number of benzene rings is 1. The average molecular weight is 218 g/mol. The first-order valence-corrected chi connectivity index (χ1v) is 6.43. The van der Waals surface area contributed by atoms with Crippen LogP contribution in [0.2, 0.25) is 0 Å². The van der Waals surface area contributed by atoms with Crippen LogP contribution in [0.3, 0.4) is 0 Å². The van der Waals surface area contributed by atoms with Crippen molar-refractivity contribution in [3.05, 3.63) is 35.9 Å².